The van der Waals surface area contributed by atoms with E-state index in [9.17, 15) is 19.2 Å². The van der Waals surface area contributed by atoms with Crippen LogP contribution in [0.5, 0.6) is 11.5 Å². The fourth-order valence-electron chi connectivity index (χ4n) is 6.59. The van der Waals surface area contributed by atoms with Gasteiger partial charge in [0.05, 0.1) is 13.7 Å². The van der Waals surface area contributed by atoms with Gasteiger partial charge in [-0.15, -0.1) is 0 Å². The number of fused-ring (bicyclic) bond motifs is 3. The molecule has 3 N–H and O–H groups in total. The van der Waals surface area contributed by atoms with Crippen LogP contribution in [-0.4, -0.2) is 82.1 Å². The molecule has 0 aliphatic heterocycles. The molecule has 0 spiro atoms. The number of Topliss-reactive ketones (excluding diaryl/α,β-unsaturated/α-hetero) is 1. The molecular formula is C42H56N4O7. The molecule has 1 aliphatic rings. The van der Waals surface area contributed by atoms with E-state index in [0.717, 1.165) is 22.4 Å². The van der Waals surface area contributed by atoms with Crippen molar-refractivity contribution < 1.29 is 33.4 Å². The van der Waals surface area contributed by atoms with E-state index >= 15 is 0 Å². The quantitative estimate of drug-likeness (QED) is 0.0979. The number of alkyl carbamates (subject to hydrolysis) is 1. The molecule has 286 valence electrons. The van der Waals surface area contributed by atoms with E-state index in [1.54, 1.807) is 7.11 Å². The standard InChI is InChI=1S/C42H56N4O7/c1-5-43-40(48)17-11-25-52-33-20-19-31(39(27-33)51-4)28-46(3)24-23-44-41(49)21-18-30(2)26-32(47)12-10-22-45-42(50)53-29-38-36-15-8-6-13-34(36)35-14-7-9-16-37(35)38/h6-9,13-16,19-20,27,30,38H,5,10-12,17-18,21-26,28-29H2,1-4H3,(H,43,48)(H,44,49)(H,45,50)/t30-/m1/s1. The average molecular weight is 729 g/mol. The molecule has 0 saturated heterocycles. The van der Waals surface area contributed by atoms with E-state index in [-0.39, 0.29) is 36.0 Å². The number of carbonyl (C=O) groups is 4. The minimum absolute atomic E-state index is 0.00419. The number of hydrogen-bond acceptors (Lipinski definition) is 8. The van der Waals surface area contributed by atoms with Crippen molar-refractivity contribution in [1.82, 2.24) is 20.9 Å². The number of nitrogens with one attached hydrogen (secondary N) is 3. The van der Waals surface area contributed by atoms with Gasteiger partial charge < -0.3 is 35.1 Å². The van der Waals surface area contributed by atoms with Crippen LogP contribution in [-0.2, 0) is 25.7 Å². The summed E-state index contributed by atoms with van der Waals surface area (Å²) < 4.78 is 17.0. The SMILES string of the molecule is CCNC(=O)CCCOc1ccc(CN(C)CCNC(=O)CC[C@@H](C)CC(=O)CCCNC(=O)OCC2c3ccccc3-c3ccccc32)c(OC)c1. The first kappa shape index (κ1) is 40.9. The molecule has 0 aromatic heterocycles. The summed E-state index contributed by atoms with van der Waals surface area (Å²) in [5.41, 5.74) is 5.69. The first-order chi connectivity index (χ1) is 25.7. The van der Waals surface area contributed by atoms with Crippen molar-refractivity contribution >= 4 is 23.7 Å². The molecule has 4 rings (SSSR count). The van der Waals surface area contributed by atoms with Crippen molar-refractivity contribution in [3.63, 3.8) is 0 Å². The summed E-state index contributed by atoms with van der Waals surface area (Å²) in [6.07, 6.45) is 2.88. The maximum atomic E-state index is 12.6. The van der Waals surface area contributed by atoms with Gasteiger partial charge in [-0.25, -0.2) is 4.79 Å². The number of rotatable bonds is 23. The van der Waals surface area contributed by atoms with E-state index in [4.69, 9.17) is 14.2 Å². The molecule has 1 atom stereocenters. The minimum Gasteiger partial charge on any atom is -0.496 e. The van der Waals surface area contributed by atoms with Crippen molar-refractivity contribution in [2.24, 2.45) is 5.92 Å². The first-order valence-corrected chi connectivity index (χ1v) is 18.8. The molecule has 0 unspecified atom stereocenters. The molecule has 11 nitrogen and oxygen atoms in total. The molecule has 1 aliphatic carbocycles. The highest BCUT2D eigenvalue weighted by molar-refractivity contribution is 5.80. The van der Waals surface area contributed by atoms with Crippen molar-refractivity contribution in [3.05, 3.63) is 83.4 Å². The lowest BCUT2D eigenvalue weighted by Gasteiger charge is -2.19. The summed E-state index contributed by atoms with van der Waals surface area (Å²) in [6, 6.07) is 22.1. The summed E-state index contributed by atoms with van der Waals surface area (Å²) in [7, 11) is 3.61. The molecular weight excluding hydrogens is 672 g/mol. The predicted octanol–water partition coefficient (Wildman–Crippen LogP) is 6.23. The second kappa shape index (κ2) is 21.6. The molecule has 0 saturated carbocycles. The lowest BCUT2D eigenvalue weighted by molar-refractivity contribution is -0.123. The summed E-state index contributed by atoms with van der Waals surface area (Å²) in [4.78, 5) is 51.2. The van der Waals surface area contributed by atoms with Crippen LogP contribution in [0.25, 0.3) is 11.1 Å². The second-order valence-corrected chi connectivity index (χ2v) is 13.7. The van der Waals surface area contributed by atoms with Crippen molar-refractivity contribution in [2.75, 3.05) is 53.6 Å². The van der Waals surface area contributed by atoms with Crippen LogP contribution in [0.1, 0.15) is 81.4 Å². The monoisotopic (exact) mass is 728 g/mol. The van der Waals surface area contributed by atoms with Crippen LogP contribution in [0.15, 0.2) is 66.7 Å². The van der Waals surface area contributed by atoms with E-state index in [1.165, 1.54) is 11.1 Å². The van der Waals surface area contributed by atoms with Crippen LogP contribution in [0.3, 0.4) is 0 Å². The summed E-state index contributed by atoms with van der Waals surface area (Å²) in [5, 5.41) is 8.54. The Hall–Kier alpha value is -4.90. The lowest BCUT2D eigenvalue weighted by atomic mass is 9.97. The van der Waals surface area contributed by atoms with Gasteiger partial charge in [0.25, 0.3) is 0 Å². The number of hydrogen-bond donors (Lipinski definition) is 3. The molecule has 3 aromatic rings. The Morgan fingerprint density at radius 1 is 0.830 bits per heavy atom. The Morgan fingerprint density at radius 2 is 1.53 bits per heavy atom. The largest absolute Gasteiger partial charge is 0.496 e. The molecule has 0 heterocycles. The van der Waals surface area contributed by atoms with Crippen molar-refractivity contribution in [2.45, 2.75) is 71.3 Å². The summed E-state index contributed by atoms with van der Waals surface area (Å²) in [6.45, 7) is 7.38. The number of ether oxygens (including phenoxy) is 3. The van der Waals surface area contributed by atoms with Gasteiger partial charge in [-0.05, 0) is 67.5 Å². The van der Waals surface area contributed by atoms with Crippen molar-refractivity contribution in [1.29, 1.82) is 0 Å². The third-order valence-electron chi connectivity index (χ3n) is 9.39. The summed E-state index contributed by atoms with van der Waals surface area (Å²) in [5.74, 6) is 1.62. The number of nitrogens with zero attached hydrogens (tertiary/aromatic N) is 1. The average Bonchev–Trinajstić information content (AvgIpc) is 3.47. The smallest absolute Gasteiger partial charge is 0.407 e. The van der Waals surface area contributed by atoms with Crippen LogP contribution in [0, 0.1) is 5.92 Å². The molecule has 53 heavy (non-hydrogen) atoms. The lowest BCUT2D eigenvalue weighted by Crippen LogP contribution is -2.33. The van der Waals surface area contributed by atoms with Crippen molar-refractivity contribution in [3.8, 4) is 22.6 Å². The second-order valence-electron chi connectivity index (χ2n) is 13.7. The normalized spacial score (nSPS) is 12.4. The summed E-state index contributed by atoms with van der Waals surface area (Å²) >= 11 is 0. The number of methoxy groups -OCH3 is 1. The number of likely N-dealkylation sites (N-methyl/N-ethyl adjacent to an activating group) is 1. The zero-order chi connectivity index (χ0) is 38.0. The van der Waals surface area contributed by atoms with Gasteiger partial charge in [0.2, 0.25) is 11.8 Å². The maximum Gasteiger partial charge on any atom is 0.407 e. The predicted molar refractivity (Wildman–Crippen MR) is 206 cm³/mol. The fraction of sp³-hybridized carbons (Fsp3) is 0.476. The van der Waals surface area contributed by atoms with Crippen LogP contribution in [0.4, 0.5) is 4.79 Å². The van der Waals surface area contributed by atoms with Gasteiger partial charge in [-0.1, -0.05) is 61.5 Å². The molecule has 0 bridgehead atoms. The van der Waals surface area contributed by atoms with Gasteiger partial charge in [-0.2, -0.15) is 0 Å². The van der Waals surface area contributed by atoms with Gasteiger partial charge >= 0.3 is 6.09 Å². The highest BCUT2D eigenvalue weighted by Crippen LogP contribution is 2.44. The number of carbonyl (C=O) groups excluding carboxylic acids is 4. The van der Waals surface area contributed by atoms with E-state index in [0.29, 0.717) is 90.0 Å². The van der Waals surface area contributed by atoms with Gasteiger partial charge in [0.15, 0.2) is 0 Å². The first-order valence-electron chi connectivity index (χ1n) is 18.8. The van der Waals surface area contributed by atoms with Gasteiger partial charge in [0, 0.05) is 76.0 Å². The Kier molecular flexibility index (Phi) is 16.6. The zero-order valence-electron chi connectivity index (χ0n) is 31.7. The number of amides is 3. The maximum absolute atomic E-state index is 12.6. The Balaban J connectivity index is 1.03. The van der Waals surface area contributed by atoms with E-state index in [2.05, 4.69) is 45.1 Å². The topological polar surface area (TPSA) is 135 Å². The number of ketones is 1. The van der Waals surface area contributed by atoms with Crippen LogP contribution < -0.4 is 25.4 Å². The third-order valence-corrected chi connectivity index (χ3v) is 9.39. The highest BCUT2D eigenvalue weighted by Gasteiger charge is 2.29. The number of benzene rings is 3. The van der Waals surface area contributed by atoms with Gasteiger partial charge in [-0.3, -0.25) is 14.4 Å². The Bertz CT molecular complexity index is 1620. The third kappa shape index (κ3) is 13.2. The van der Waals surface area contributed by atoms with Gasteiger partial charge in [0.1, 0.15) is 23.9 Å². The molecule has 11 heteroatoms. The van der Waals surface area contributed by atoms with E-state index < -0.39 is 6.09 Å². The molecule has 3 amide bonds. The minimum atomic E-state index is -0.480. The Labute approximate surface area is 314 Å². The Morgan fingerprint density at radius 3 is 2.23 bits per heavy atom. The van der Waals surface area contributed by atoms with Crippen LogP contribution >= 0.6 is 0 Å². The van der Waals surface area contributed by atoms with E-state index in [1.807, 2.05) is 63.4 Å². The zero-order valence-corrected chi connectivity index (χ0v) is 31.7. The molecule has 3 aromatic carbocycles. The molecule has 0 radical (unpaired) electrons. The molecule has 0 fully saturated rings. The fourth-order valence-corrected chi connectivity index (χ4v) is 6.59. The van der Waals surface area contributed by atoms with Crippen LogP contribution in [0.2, 0.25) is 0 Å². The highest BCUT2D eigenvalue weighted by atomic mass is 16.5.